The zero-order valence-electron chi connectivity index (χ0n) is 6.95. The smallest absolute Gasteiger partial charge is 0.369 e. The van der Waals surface area contributed by atoms with Crippen LogP contribution in [-0.2, 0) is 0 Å². The number of aromatic nitrogens is 2. The molecular weight excluding hydrogens is 228 g/mol. The van der Waals surface area contributed by atoms with Crippen molar-refractivity contribution in [2.75, 3.05) is 5.73 Å². The minimum Gasteiger partial charge on any atom is -0.369 e. The Kier molecular flexibility index (Phi) is 2.58. The van der Waals surface area contributed by atoms with Gasteiger partial charge in [0.2, 0.25) is 0 Å². The van der Waals surface area contributed by atoms with Gasteiger partial charge in [-0.2, -0.15) is 26.3 Å². The number of aromatic amines is 1. The van der Waals surface area contributed by atoms with Gasteiger partial charge in [-0.25, -0.2) is 4.98 Å². The van der Waals surface area contributed by atoms with Crippen LogP contribution in [0.4, 0.5) is 32.3 Å². The maximum absolute atomic E-state index is 12.1. The summed E-state index contributed by atoms with van der Waals surface area (Å²) in [6.07, 6.45) is -10.4. The molecular formula is C6H5F6N3. The lowest BCUT2D eigenvalue weighted by molar-refractivity contribution is -0.254. The summed E-state index contributed by atoms with van der Waals surface area (Å²) in [5, 5.41) is 0. The van der Waals surface area contributed by atoms with Crippen LogP contribution in [0.1, 0.15) is 11.6 Å². The standard InChI is InChI=1S/C6H5F6N3/c7-5(8,9)3(6(10,11)12)2-1-14-4(13)15-2/h1,3H,(H3,13,14,15). The van der Waals surface area contributed by atoms with E-state index in [0.717, 1.165) is 0 Å². The minimum atomic E-state index is -5.43. The molecule has 0 bridgehead atoms. The zero-order valence-corrected chi connectivity index (χ0v) is 6.95. The van der Waals surface area contributed by atoms with Gasteiger partial charge in [0.05, 0.1) is 11.9 Å². The molecule has 0 aliphatic carbocycles. The summed E-state index contributed by atoms with van der Waals surface area (Å²) in [5.41, 5.74) is 3.78. The molecule has 3 N–H and O–H groups in total. The molecule has 0 aromatic carbocycles. The summed E-state index contributed by atoms with van der Waals surface area (Å²) in [4.78, 5) is 4.80. The van der Waals surface area contributed by atoms with Gasteiger partial charge < -0.3 is 10.7 Å². The van der Waals surface area contributed by atoms with Crippen molar-refractivity contribution in [1.29, 1.82) is 0 Å². The number of alkyl halides is 6. The van der Waals surface area contributed by atoms with Gasteiger partial charge in [-0.1, -0.05) is 0 Å². The van der Waals surface area contributed by atoms with Crippen molar-refractivity contribution in [3.05, 3.63) is 11.9 Å². The predicted molar refractivity (Wildman–Crippen MR) is 37.9 cm³/mol. The van der Waals surface area contributed by atoms with E-state index in [1.54, 1.807) is 4.98 Å². The maximum Gasteiger partial charge on any atom is 0.405 e. The topological polar surface area (TPSA) is 54.7 Å². The van der Waals surface area contributed by atoms with Gasteiger partial charge in [-0.3, -0.25) is 0 Å². The average molecular weight is 233 g/mol. The normalized spacial score (nSPS) is 13.5. The summed E-state index contributed by atoms with van der Waals surface area (Å²) in [6, 6.07) is 0. The molecule has 0 spiro atoms. The van der Waals surface area contributed by atoms with E-state index < -0.39 is 29.9 Å². The Balaban J connectivity index is 3.14. The highest BCUT2D eigenvalue weighted by atomic mass is 19.4. The fraction of sp³-hybridized carbons (Fsp3) is 0.500. The van der Waals surface area contributed by atoms with E-state index in [1.165, 1.54) is 0 Å². The molecule has 1 heterocycles. The molecule has 0 radical (unpaired) electrons. The molecule has 0 atom stereocenters. The highest BCUT2D eigenvalue weighted by Gasteiger charge is 2.58. The van der Waals surface area contributed by atoms with Crippen molar-refractivity contribution < 1.29 is 26.3 Å². The summed E-state index contributed by atoms with van der Waals surface area (Å²) < 4.78 is 72.6. The average Bonchev–Trinajstić information content (AvgIpc) is 2.28. The van der Waals surface area contributed by atoms with E-state index in [2.05, 4.69) is 4.98 Å². The van der Waals surface area contributed by atoms with E-state index in [1.807, 2.05) is 0 Å². The van der Waals surface area contributed by atoms with Gasteiger partial charge in [0.15, 0.2) is 11.9 Å². The second-order valence-corrected chi connectivity index (χ2v) is 2.74. The van der Waals surface area contributed by atoms with E-state index in [9.17, 15) is 26.3 Å². The molecule has 0 saturated heterocycles. The summed E-state index contributed by atoms with van der Waals surface area (Å²) in [5.74, 6) is -4.08. The Morgan fingerprint density at radius 2 is 1.60 bits per heavy atom. The van der Waals surface area contributed by atoms with Crippen LogP contribution in [0.5, 0.6) is 0 Å². The van der Waals surface area contributed by atoms with Crippen LogP contribution in [0.15, 0.2) is 6.20 Å². The molecule has 1 rings (SSSR count). The Hall–Kier alpha value is -1.41. The molecule has 3 nitrogen and oxygen atoms in total. The molecule has 0 saturated carbocycles. The van der Waals surface area contributed by atoms with Crippen LogP contribution in [0.2, 0.25) is 0 Å². The summed E-state index contributed by atoms with van der Waals surface area (Å²) in [6.45, 7) is 0. The van der Waals surface area contributed by atoms with Crippen LogP contribution in [0, 0.1) is 0 Å². The second kappa shape index (κ2) is 3.31. The number of H-pyrrole nitrogens is 1. The first-order chi connectivity index (χ1) is 6.62. The van der Waals surface area contributed by atoms with Crippen molar-refractivity contribution in [2.45, 2.75) is 18.3 Å². The highest BCUT2D eigenvalue weighted by molar-refractivity contribution is 5.22. The molecule has 0 aliphatic heterocycles. The van der Waals surface area contributed by atoms with Crippen LogP contribution in [-0.4, -0.2) is 22.3 Å². The summed E-state index contributed by atoms with van der Waals surface area (Å²) in [7, 11) is 0. The zero-order chi connectivity index (χ0) is 11.9. The number of nitrogens with zero attached hydrogens (tertiary/aromatic N) is 1. The van der Waals surface area contributed by atoms with Gasteiger partial charge in [-0.05, 0) is 0 Å². The number of nitrogens with two attached hydrogens (primary N) is 1. The van der Waals surface area contributed by atoms with E-state index >= 15 is 0 Å². The molecule has 0 unspecified atom stereocenters. The third kappa shape index (κ3) is 2.54. The van der Waals surface area contributed by atoms with E-state index in [-0.39, 0.29) is 0 Å². The third-order valence-electron chi connectivity index (χ3n) is 1.58. The SMILES string of the molecule is Nc1ncc(C(C(F)(F)F)C(F)(F)F)[nH]1. The summed E-state index contributed by atoms with van der Waals surface area (Å²) >= 11 is 0. The molecule has 0 aliphatic rings. The minimum absolute atomic E-state index is 0.418. The largest absolute Gasteiger partial charge is 0.405 e. The number of nitrogens with one attached hydrogen (secondary N) is 1. The lowest BCUT2D eigenvalue weighted by atomic mass is 10.1. The maximum atomic E-state index is 12.1. The van der Waals surface area contributed by atoms with Crippen LogP contribution in [0.25, 0.3) is 0 Å². The number of hydrogen-bond acceptors (Lipinski definition) is 2. The Bertz CT molecular complexity index is 323. The lowest BCUT2D eigenvalue weighted by Crippen LogP contribution is -2.34. The number of imidazole rings is 1. The van der Waals surface area contributed by atoms with Gasteiger partial charge in [0.1, 0.15) is 0 Å². The van der Waals surface area contributed by atoms with Crippen molar-refractivity contribution in [1.82, 2.24) is 9.97 Å². The van der Waals surface area contributed by atoms with Crippen molar-refractivity contribution in [3.8, 4) is 0 Å². The number of halogens is 6. The van der Waals surface area contributed by atoms with Gasteiger partial charge in [0, 0.05) is 0 Å². The van der Waals surface area contributed by atoms with E-state index in [0.29, 0.717) is 6.20 Å². The quantitative estimate of drug-likeness (QED) is 0.730. The highest BCUT2D eigenvalue weighted by Crippen LogP contribution is 2.45. The molecule has 0 fully saturated rings. The molecule has 15 heavy (non-hydrogen) atoms. The number of rotatable bonds is 1. The van der Waals surface area contributed by atoms with Gasteiger partial charge in [0.25, 0.3) is 0 Å². The van der Waals surface area contributed by atoms with Crippen molar-refractivity contribution in [2.24, 2.45) is 0 Å². The monoisotopic (exact) mass is 233 g/mol. The van der Waals surface area contributed by atoms with Crippen molar-refractivity contribution >= 4 is 5.95 Å². The molecule has 0 amide bonds. The molecule has 1 aromatic heterocycles. The first kappa shape index (κ1) is 11.7. The second-order valence-electron chi connectivity index (χ2n) is 2.74. The first-order valence-corrected chi connectivity index (χ1v) is 3.56. The van der Waals surface area contributed by atoms with Crippen LogP contribution >= 0.6 is 0 Å². The van der Waals surface area contributed by atoms with Crippen LogP contribution in [0.3, 0.4) is 0 Å². The predicted octanol–water partition coefficient (Wildman–Crippen LogP) is 2.20. The Labute approximate surface area is 79.3 Å². The Morgan fingerprint density at radius 3 is 1.87 bits per heavy atom. The lowest BCUT2D eigenvalue weighted by Gasteiger charge is -2.21. The first-order valence-electron chi connectivity index (χ1n) is 3.56. The van der Waals surface area contributed by atoms with Crippen LogP contribution < -0.4 is 5.73 Å². The van der Waals surface area contributed by atoms with E-state index in [4.69, 9.17) is 5.73 Å². The molecule has 86 valence electrons. The third-order valence-corrected chi connectivity index (χ3v) is 1.58. The molecule has 1 aromatic rings. The molecule has 9 heteroatoms. The number of hydrogen-bond donors (Lipinski definition) is 2. The number of nitrogen functional groups attached to an aromatic ring is 1. The van der Waals surface area contributed by atoms with Crippen molar-refractivity contribution in [3.63, 3.8) is 0 Å². The fourth-order valence-corrected chi connectivity index (χ4v) is 1.04. The van der Waals surface area contributed by atoms with Gasteiger partial charge >= 0.3 is 12.4 Å². The number of anilines is 1. The fourth-order valence-electron chi connectivity index (χ4n) is 1.04. The Morgan fingerprint density at radius 1 is 1.13 bits per heavy atom. The van der Waals surface area contributed by atoms with Gasteiger partial charge in [-0.15, -0.1) is 0 Å².